The number of primary amides is 1. The normalized spacial score (nSPS) is 12.2. The Morgan fingerprint density at radius 3 is 2.58 bits per heavy atom. The van der Waals surface area contributed by atoms with E-state index in [9.17, 15) is 14.4 Å². The van der Waals surface area contributed by atoms with Crippen molar-refractivity contribution < 1.29 is 23.9 Å². The van der Waals surface area contributed by atoms with Crippen molar-refractivity contribution in [1.82, 2.24) is 0 Å². The number of carbonyl (C=O) groups excluding carboxylic acids is 3. The van der Waals surface area contributed by atoms with Crippen LogP contribution in [0.5, 0.6) is 0 Å². The summed E-state index contributed by atoms with van der Waals surface area (Å²) >= 11 is 1.39. The molecule has 2 aromatic rings. The van der Waals surface area contributed by atoms with Crippen LogP contribution >= 0.6 is 11.3 Å². The zero-order valence-electron chi connectivity index (χ0n) is 17.3. The molecule has 3 amide bonds. The van der Waals surface area contributed by atoms with E-state index in [0.29, 0.717) is 17.8 Å². The molecule has 0 aliphatic carbocycles. The van der Waals surface area contributed by atoms with E-state index in [1.165, 1.54) is 24.5 Å². The number of nitrogens with one attached hydrogen (secondary N) is 2. The fraction of sp³-hybridized carbons (Fsp3) is 0.227. The van der Waals surface area contributed by atoms with Gasteiger partial charge >= 0.3 is 12.2 Å². The molecule has 31 heavy (non-hydrogen) atoms. The van der Waals surface area contributed by atoms with Gasteiger partial charge in [0.25, 0.3) is 0 Å². The molecule has 0 aliphatic rings. The average Bonchev–Trinajstić information content (AvgIpc) is 3.22. The van der Waals surface area contributed by atoms with Gasteiger partial charge < -0.3 is 20.5 Å². The third kappa shape index (κ3) is 6.45. The highest BCUT2D eigenvalue weighted by Crippen LogP contribution is 2.37. The SMILES string of the molecule is C=CCC(OC(N)=O)c1cc(-c2ccc(NC(=O)OC)cc2NC(=O)C(C)C=C)cs1. The average molecular weight is 444 g/mol. The number of amides is 3. The highest BCUT2D eigenvalue weighted by molar-refractivity contribution is 7.10. The van der Waals surface area contributed by atoms with Crippen molar-refractivity contribution in [3.8, 4) is 11.1 Å². The Morgan fingerprint density at radius 2 is 1.97 bits per heavy atom. The summed E-state index contributed by atoms with van der Waals surface area (Å²) in [5.41, 5.74) is 7.64. The molecule has 4 N–H and O–H groups in total. The van der Waals surface area contributed by atoms with Crippen molar-refractivity contribution in [1.29, 1.82) is 0 Å². The Morgan fingerprint density at radius 1 is 1.23 bits per heavy atom. The molecule has 8 nitrogen and oxygen atoms in total. The first-order valence-corrected chi connectivity index (χ1v) is 10.2. The van der Waals surface area contributed by atoms with Gasteiger partial charge in [-0.2, -0.15) is 0 Å². The Balaban J connectivity index is 2.44. The maximum atomic E-state index is 12.5. The van der Waals surface area contributed by atoms with E-state index in [0.717, 1.165) is 16.0 Å². The fourth-order valence-corrected chi connectivity index (χ4v) is 3.63. The minimum Gasteiger partial charge on any atom is -0.453 e. The number of nitrogens with two attached hydrogens (primary N) is 1. The molecule has 0 spiro atoms. The highest BCUT2D eigenvalue weighted by atomic mass is 32.1. The molecule has 0 bridgehead atoms. The topological polar surface area (TPSA) is 120 Å². The first-order chi connectivity index (χ1) is 14.8. The van der Waals surface area contributed by atoms with Crippen molar-refractivity contribution in [2.75, 3.05) is 17.7 Å². The minimum atomic E-state index is -0.869. The number of carbonyl (C=O) groups is 3. The second-order valence-electron chi connectivity index (χ2n) is 6.58. The van der Waals surface area contributed by atoms with Crippen LogP contribution in [0.25, 0.3) is 11.1 Å². The van der Waals surface area contributed by atoms with E-state index >= 15 is 0 Å². The van der Waals surface area contributed by atoms with Crippen molar-refractivity contribution in [3.63, 3.8) is 0 Å². The van der Waals surface area contributed by atoms with Gasteiger partial charge in [0.05, 0.1) is 18.7 Å². The predicted octanol–water partition coefficient (Wildman–Crippen LogP) is 5.07. The number of hydrogen-bond donors (Lipinski definition) is 3. The molecule has 1 aromatic carbocycles. The number of ether oxygens (including phenoxy) is 2. The molecular formula is C22H25N3O5S. The van der Waals surface area contributed by atoms with Gasteiger partial charge in [0.2, 0.25) is 5.91 Å². The van der Waals surface area contributed by atoms with Crippen molar-refractivity contribution in [3.05, 3.63) is 59.8 Å². The molecule has 2 unspecified atom stereocenters. The zero-order chi connectivity index (χ0) is 23.0. The molecule has 9 heteroatoms. The molecule has 0 aliphatic heterocycles. The van der Waals surface area contributed by atoms with Crippen LogP contribution in [0.3, 0.4) is 0 Å². The van der Waals surface area contributed by atoms with Crippen LogP contribution in [0.1, 0.15) is 24.3 Å². The molecular weight excluding hydrogens is 418 g/mol. The van der Waals surface area contributed by atoms with Gasteiger partial charge in [0.1, 0.15) is 6.10 Å². The summed E-state index contributed by atoms with van der Waals surface area (Å²) in [6.07, 6.45) is 1.54. The van der Waals surface area contributed by atoms with Gasteiger partial charge in [-0.05, 0) is 29.1 Å². The van der Waals surface area contributed by atoms with Gasteiger partial charge in [0.15, 0.2) is 0 Å². The first-order valence-electron chi connectivity index (χ1n) is 9.37. The standard InChI is InChI=1S/C22H25N3O5S/c1-5-7-18(30-21(23)27)19-10-14(12-31-19)16-9-8-15(24-22(28)29-4)11-17(16)25-20(26)13(3)6-2/h5-6,8-13,18H,1-2,7H2,3-4H3,(H2,23,27)(H,24,28)(H,25,26). The molecule has 0 saturated heterocycles. The maximum absolute atomic E-state index is 12.5. The first kappa shape index (κ1) is 23.7. The van der Waals surface area contributed by atoms with Crippen LogP contribution in [0.2, 0.25) is 0 Å². The Hall–Kier alpha value is -3.59. The molecule has 0 fully saturated rings. The lowest BCUT2D eigenvalue weighted by Crippen LogP contribution is -2.19. The van der Waals surface area contributed by atoms with Crippen LogP contribution < -0.4 is 16.4 Å². The van der Waals surface area contributed by atoms with Gasteiger partial charge in [-0.15, -0.1) is 24.5 Å². The van der Waals surface area contributed by atoms with E-state index in [2.05, 4.69) is 28.5 Å². The van der Waals surface area contributed by atoms with E-state index in [4.69, 9.17) is 10.5 Å². The van der Waals surface area contributed by atoms with Crippen LogP contribution in [0.15, 0.2) is 55.0 Å². The van der Waals surface area contributed by atoms with E-state index in [1.807, 2.05) is 11.4 Å². The van der Waals surface area contributed by atoms with Gasteiger partial charge in [-0.3, -0.25) is 10.1 Å². The quantitative estimate of drug-likeness (QED) is 0.468. The number of methoxy groups -OCH3 is 1. The molecule has 0 radical (unpaired) electrons. The van der Waals surface area contributed by atoms with Gasteiger partial charge in [0, 0.05) is 22.5 Å². The third-order valence-corrected chi connectivity index (χ3v) is 5.39. The summed E-state index contributed by atoms with van der Waals surface area (Å²) in [6.45, 7) is 9.05. The van der Waals surface area contributed by atoms with Crippen molar-refractivity contribution in [2.24, 2.45) is 11.7 Å². The number of rotatable bonds is 9. The molecule has 2 atom stereocenters. The zero-order valence-corrected chi connectivity index (χ0v) is 18.2. The number of thiophene rings is 1. The van der Waals surface area contributed by atoms with Crippen LogP contribution in [0, 0.1) is 5.92 Å². The summed E-state index contributed by atoms with van der Waals surface area (Å²) < 4.78 is 9.80. The second-order valence-corrected chi connectivity index (χ2v) is 7.52. The number of anilines is 2. The summed E-state index contributed by atoms with van der Waals surface area (Å²) in [5.74, 6) is -0.660. The van der Waals surface area contributed by atoms with Crippen LogP contribution in [0.4, 0.5) is 21.0 Å². The lowest BCUT2D eigenvalue weighted by atomic mass is 10.0. The molecule has 164 valence electrons. The van der Waals surface area contributed by atoms with Crippen LogP contribution in [-0.2, 0) is 14.3 Å². The molecule has 0 saturated carbocycles. The Kier molecular flexibility index (Phi) is 8.39. The Bertz CT molecular complexity index is 985. The van der Waals surface area contributed by atoms with Crippen molar-refractivity contribution >= 4 is 40.8 Å². The lowest BCUT2D eigenvalue weighted by molar-refractivity contribution is -0.118. The monoisotopic (exact) mass is 443 g/mol. The summed E-state index contributed by atoms with van der Waals surface area (Å²) in [5, 5.41) is 7.32. The maximum Gasteiger partial charge on any atom is 0.411 e. The summed E-state index contributed by atoms with van der Waals surface area (Å²) in [4.78, 5) is 36.0. The van der Waals surface area contributed by atoms with Crippen LogP contribution in [-0.4, -0.2) is 25.2 Å². The fourth-order valence-electron chi connectivity index (χ4n) is 2.68. The number of hydrogen-bond acceptors (Lipinski definition) is 6. The number of benzene rings is 1. The van der Waals surface area contributed by atoms with E-state index in [1.54, 1.807) is 31.2 Å². The highest BCUT2D eigenvalue weighted by Gasteiger charge is 2.19. The smallest absolute Gasteiger partial charge is 0.411 e. The largest absolute Gasteiger partial charge is 0.453 e. The van der Waals surface area contributed by atoms with E-state index in [-0.39, 0.29) is 5.91 Å². The minimum absolute atomic E-state index is 0.247. The van der Waals surface area contributed by atoms with Gasteiger partial charge in [-0.1, -0.05) is 25.1 Å². The predicted molar refractivity (Wildman–Crippen MR) is 122 cm³/mol. The van der Waals surface area contributed by atoms with E-state index < -0.39 is 24.2 Å². The van der Waals surface area contributed by atoms with Gasteiger partial charge in [-0.25, -0.2) is 9.59 Å². The third-order valence-electron chi connectivity index (χ3n) is 4.36. The molecule has 1 heterocycles. The lowest BCUT2D eigenvalue weighted by Gasteiger charge is -2.15. The molecule has 2 rings (SSSR count). The summed E-state index contributed by atoms with van der Waals surface area (Å²) in [6, 6.07) is 6.95. The summed E-state index contributed by atoms with van der Waals surface area (Å²) in [7, 11) is 1.26. The molecule has 1 aromatic heterocycles. The second kappa shape index (κ2) is 11.0. The van der Waals surface area contributed by atoms with Crippen molar-refractivity contribution in [2.45, 2.75) is 19.4 Å². The Labute approximate surface area is 184 Å².